The van der Waals surface area contributed by atoms with E-state index >= 15 is 0 Å². The van der Waals surface area contributed by atoms with E-state index in [0.29, 0.717) is 17.9 Å². The molecular weight excluding hydrogens is 396 g/mol. The van der Waals surface area contributed by atoms with Crippen molar-refractivity contribution in [3.8, 4) is 0 Å². The van der Waals surface area contributed by atoms with Gasteiger partial charge in [-0.3, -0.25) is 19.3 Å². The van der Waals surface area contributed by atoms with E-state index in [2.05, 4.69) is 5.32 Å². The molecule has 0 saturated carbocycles. The molecular formula is C20H20N2O6S. The highest BCUT2D eigenvalue weighted by Crippen LogP contribution is 2.26. The van der Waals surface area contributed by atoms with Crippen molar-refractivity contribution in [1.29, 1.82) is 0 Å². The molecule has 2 N–H and O–H groups in total. The van der Waals surface area contributed by atoms with E-state index in [1.165, 1.54) is 24.5 Å². The van der Waals surface area contributed by atoms with Crippen LogP contribution in [0.4, 0.5) is 0 Å². The number of fused-ring (bicyclic) bond motifs is 1. The highest BCUT2D eigenvalue weighted by atomic mass is 32.2. The quantitative estimate of drug-likeness (QED) is 0.476. The van der Waals surface area contributed by atoms with Gasteiger partial charge < -0.3 is 14.8 Å². The van der Waals surface area contributed by atoms with E-state index in [9.17, 15) is 24.3 Å². The lowest BCUT2D eigenvalue weighted by atomic mass is 10.0. The molecule has 0 saturated heterocycles. The number of aliphatic carboxylic acids is 1. The lowest BCUT2D eigenvalue weighted by Gasteiger charge is -2.14. The van der Waals surface area contributed by atoms with E-state index in [1.807, 2.05) is 6.92 Å². The van der Waals surface area contributed by atoms with Crippen LogP contribution in [0.25, 0.3) is 0 Å². The molecule has 1 aliphatic heterocycles. The Morgan fingerprint density at radius 2 is 1.97 bits per heavy atom. The van der Waals surface area contributed by atoms with Gasteiger partial charge in [0, 0.05) is 5.56 Å². The lowest BCUT2D eigenvalue weighted by molar-refractivity contribution is -0.139. The van der Waals surface area contributed by atoms with Crippen molar-refractivity contribution in [3.63, 3.8) is 0 Å². The van der Waals surface area contributed by atoms with Gasteiger partial charge in [0.1, 0.15) is 11.8 Å². The third kappa shape index (κ3) is 4.51. The van der Waals surface area contributed by atoms with Gasteiger partial charge in [0.15, 0.2) is 0 Å². The minimum absolute atomic E-state index is 0.00292. The van der Waals surface area contributed by atoms with Gasteiger partial charge >= 0.3 is 5.97 Å². The average Bonchev–Trinajstić information content (AvgIpc) is 3.30. The molecule has 0 fully saturated rings. The normalized spacial score (nSPS) is 14.0. The maximum atomic E-state index is 12.6. The summed E-state index contributed by atoms with van der Waals surface area (Å²) in [5.74, 6) is -0.786. The summed E-state index contributed by atoms with van der Waals surface area (Å²) in [4.78, 5) is 50.1. The number of carbonyl (C=O) groups excluding carboxylic acids is 3. The molecule has 152 valence electrons. The van der Waals surface area contributed by atoms with Crippen LogP contribution in [0, 0.1) is 0 Å². The van der Waals surface area contributed by atoms with Crippen molar-refractivity contribution in [2.24, 2.45) is 0 Å². The van der Waals surface area contributed by atoms with Gasteiger partial charge in [-0.05, 0) is 48.3 Å². The van der Waals surface area contributed by atoms with Gasteiger partial charge in [-0.15, -0.1) is 0 Å². The Balaban J connectivity index is 1.74. The predicted molar refractivity (Wildman–Crippen MR) is 106 cm³/mol. The Hall–Kier alpha value is -3.07. The predicted octanol–water partition coefficient (Wildman–Crippen LogP) is 2.40. The average molecular weight is 416 g/mol. The summed E-state index contributed by atoms with van der Waals surface area (Å²) in [6.07, 6.45) is 1.74. The van der Waals surface area contributed by atoms with Crippen molar-refractivity contribution in [1.82, 2.24) is 10.2 Å². The number of carboxylic acids is 1. The molecule has 1 aliphatic rings. The largest absolute Gasteiger partial charge is 0.480 e. The second-order valence-corrected chi connectivity index (χ2v) is 7.78. The topological polar surface area (TPSA) is 117 Å². The summed E-state index contributed by atoms with van der Waals surface area (Å²) in [7, 11) is 0. The molecule has 1 unspecified atom stereocenters. The number of thioether (sulfide) groups is 1. The first-order valence-corrected chi connectivity index (χ1v) is 10.2. The van der Waals surface area contributed by atoms with Crippen LogP contribution in [0.3, 0.4) is 0 Å². The fraction of sp³-hybridized carbons (Fsp3) is 0.300. The molecule has 2 aromatic rings. The molecule has 0 spiro atoms. The number of amides is 3. The lowest BCUT2D eigenvalue weighted by Crippen LogP contribution is -2.41. The number of imide groups is 1. The summed E-state index contributed by atoms with van der Waals surface area (Å²) in [6.45, 7) is 1.97. The Bertz CT molecular complexity index is 940. The summed E-state index contributed by atoms with van der Waals surface area (Å²) in [5, 5.41) is 11.8. The summed E-state index contributed by atoms with van der Waals surface area (Å²) in [5.41, 5.74) is 0.439. The number of carboxylic acid groups (broad SMARTS) is 1. The van der Waals surface area contributed by atoms with Gasteiger partial charge in [-0.2, -0.15) is 11.8 Å². The summed E-state index contributed by atoms with van der Waals surface area (Å²) in [6, 6.07) is 6.44. The molecule has 29 heavy (non-hydrogen) atoms. The number of rotatable bonds is 9. The van der Waals surface area contributed by atoms with Crippen molar-refractivity contribution in [2.45, 2.75) is 25.9 Å². The van der Waals surface area contributed by atoms with Crippen LogP contribution >= 0.6 is 11.8 Å². The summed E-state index contributed by atoms with van der Waals surface area (Å²) < 4.78 is 5.19. The van der Waals surface area contributed by atoms with Crippen molar-refractivity contribution in [2.75, 3.05) is 11.5 Å². The standard InChI is InChI=1S/C20H20N2O6S/c1-2-29-9-7-16(20(26)27)21-17(23)12-5-6-14-15(10-12)19(25)22(18(14)24)11-13-4-3-8-28-13/h3-6,8,10,16H,2,7,9,11H2,1H3,(H,21,23)(H,26,27). The zero-order chi connectivity index (χ0) is 21.0. The zero-order valence-corrected chi connectivity index (χ0v) is 16.5. The van der Waals surface area contributed by atoms with Crippen LogP contribution in [0.5, 0.6) is 0 Å². The third-order valence-electron chi connectivity index (χ3n) is 4.49. The van der Waals surface area contributed by atoms with Crippen LogP contribution in [-0.4, -0.2) is 51.2 Å². The maximum Gasteiger partial charge on any atom is 0.326 e. The molecule has 1 aromatic heterocycles. The number of furan rings is 1. The Kier molecular flexibility index (Phi) is 6.38. The smallest absolute Gasteiger partial charge is 0.326 e. The molecule has 8 nitrogen and oxygen atoms in total. The van der Waals surface area contributed by atoms with E-state index in [4.69, 9.17) is 4.42 Å². The number of benzene rings is 1. The first kappa shape index (κ1) is 20.7. The van der Waals surface area contributed by atoms with E-state index in [0.717, 1.165) is 10.7 Å². The fourth-order valence-electron chi connectivity index (χ4n) is 2.98. The van der Waals surface area contributed by atoms with Gasteiger partial charge in [0.2, 0.25) is 0 Å². The first-order chi connectivity index (χ1) is 13.9. The third-order valence-corrected chi connectivity index (χ3v) is 5.42. The Morgan fingerprint density at radius 1 is 1.21 bits per heavy atom. The molecule has 3 rings (SSSR count). The number of nitrogens with one attached hydrogen (secondary N) is 1. The molecule has 3 amide bonds. The minimum Gasteiger partial charge on any atom is -0.480 e. The van der Waals surface area contributed by atoms with Crippen molar-refractivity contribution in [3.05, 3.63) is 59.0 Å². The fourth-order valence-corrected chi connectivity index (χ4v) is 3.67. The minimum atomic E-state index is -1.12. The molecule has 0 radical (unpaired) electrons. The molecule has 2 heterocycles. The molecule has 1 aromatic carbocycles. The first-order valence-electron chi connectivity index (χ1n) is 9.06. The second-order valence-electron chi connectivity index (χ2n) is 6.39. The number of carbonyl (C=O) groups is 4. The van der Waals surface area contributed by atoms with Crippen LogP contribution in [0.2, 0.25) is 0 Å². The maximum absolute atomic E-state index is 12.6. The monoisotopic (exact) mass is 416 g/mol. The number of hydrogen-bond acceptors (Lipinski definition) is 6. The van der Waals surface area contributed by atoms with Crippen LogP contribution in [0.15, 0.2) is 41.0 Å². The Morgan fingerprint density at radius 3 is 2.62 bits per heavy atom. The Labute approximate surface area is 171 Å². The number of nitrogens with zero attached hydrogens (tertiary/aromatic N) is 1. The molecule has 9 heteroatoms. The molecule has 1 atom stereocenters. The summed E-state index contributed by atoms with van der Waals surface area (Å²) >= 11 is 1.59. The van der Waals surface area contributed by atoms with Crippen molar-refractivity contribution >= 4 is 35.5 Å². The van der Waals surface area contributed by atoms with Gasteiger partial charge in [-0.25, -0.2) is 4.79 Å². The van der Waals surface area contributed by atoms with Gasteiger partial charge in [-0.1, -0.05) is 6.92 Å². The van der Waals surface area contributed by atoms with Crippen LogP contribution in [0.1, 0.15) is 50.2 Å². The molecule has 0 aliphatic carbocycles. The highest BCUT2D eigenvalue weighted by molar-refractivity contribution is 7.99. The highest BCUT2D eigenvalue weighted by Gasteiger charge is 2.36. The zero-order valence-electron chi connectivity index (χ0n) is 15.7. The van der Waals surface area contributed by atoms with Crippen LogP contribution in [-0.2, 0) is 11.3 Å². The van der Waals surface area contributed by atoms with Gasteiger partial charge in [0.05, 0.1) is 23.9 Å². The van der Waals surface area contributed by atoms with E-state index in [1.54, 1.807) is 23.9 Å². The number of hydrogen-bond donors (Lipinski definition) is 2. The van der Waals surface area contributed by atoms with Crippen LogP contribution < -0.4 is 5.32 Å². The second kappa shape index (κ2) is 8.95. The van der Waals surface area contributed by atoms with Gasteiger partial charge in [0.25, 0.3) is 17.7 Å². The SMILES string of the molecule is CCSCCC(NC(=O)c1ccc2c(c1)C(=O)N(Cc1ccco1)C2=O)C(=O)O. The molecule has 0 bridgehead atoms. The van der Waals surface area contributed by atoms with Crippen molar-refractivity contribution < 1.29 is 28.7 Å². The van der Waals surface area contributed by atoms with E-state index < -0.39 is 29.7 Å². The van der Waals surface area contributed by atoms with E-state index in [-0.39, 0.29) is 23.2 Å².